The Morgan fingerprint density at radius 3 is 2.21 bits per heavy atom. The van der Waals surface area contributed by atoms with Gasteiger partial charge >= 0.3 is 0 Å². The molecule has 0 unspecified atom stereocenters. The van der Waals surface area contributed by atoms with Crippen molar-refractivity contribution in [2.75, 3.05) is 32.8 Å². The Balaban J connectivity index is 1.32. The Kier molecular flexibility index (Phi) is 5.55. The van der Waals surface area contributed by atoms with Crippen LogP contribution in [0.4, 0.5) is 0 Å². The molecule has 5 nitrogen and oxygen atoms in total. The van der Waals surface area contributed by atoms with Crippen molar-refractivity contribution >= 4 is 11.8 Å². The second-order valence-corrected chi connectivity index (χ2v) is 7.79. The van der Waals surface area contributed by atoms with Crippen LogP contribution in [0.3, 0.4) is 0 Å². The number of benzene rings is 2. The van der Waals surface area contributed by atoms with Crippen LogP contribution in [0.25, 0.3) is 0 Å². The van der Waals surface area contributed by atoms with E-state index in [9.17, 15) is 9.59 Å². The Morgan fingerprint density at radius 1 is 0.857 bits per heavy atom. The van der Waals surface area contributed by atoms with E-state index in [2.05, 4.69) is 41.0 Å². The van der Waals surface area contributed by atoms with Crippen LogP contribution in [0.15, 0.2) is 54.6 Å². The highest BCUT2D eigenvalue weighted by Gasteiger charge is 2.40. The number of nitrogens with zero attached hydrogens (tertiary/aromatic N) is 3. The van der Waals surface area contributed by atoms with Gasteiger partial charge in [0.15, 0.2) is 0 Å². The largest absolute Gasteiger partial charge is 0.297 e. The van der Waals surface area contributed by atoms with E-state index >= 15 is 0 Å². The molecule has 2 aromatic carbocycles. The summed E-state index contributed by atoms with van der Waals surface area (Å²) in [6, 6.07) is 18.1. The van der Waals surface area contributed by atoms with Gasteiger partial charge in [-0.15, -0.1) is 0 Å². The van der Waals surface area contributed by atoms with Crippen LogP contribution < -0.4 is 0 Å². The lowest BCUT2D eigenvalue weighted by Crippen LogP contribution is -2.50. The molecule has 2 fully saturated rings. The van der Waals surface area contributed by atoms with Gasteiger partial charge in [-0.25, -0.2) is 0 Å². The molecule has 0 radical (unpaired) electrons. The number of hydrogen-bond donors (Lipinski definition) is 0. The fourth-order valence-corrected chi connectivity index (χ4v) is 4.09. The maximum absolute atomic E-state index is 12.8. The summed E-state index contributed by atoms with van der Waals surface area (Å²) < 4.78 is 0. The van der Waals surface area contributed by atoms with Crippen molar-refractivity contribution in [3.05, 3.63) is 71.3 Å². The Hall–Kier alpha value is -2.50. The van der Waals surface area contributed by atoms with Crippen LogP contribution >= 0.6 is 0 Å². The Morgan fingerprint density at radius 2 is 1.50 bits per heavy atom. The molecule has 2 aliphatic heterocycles. The zero-order valence-electron chi connectivity index (χ0n) is 16.4. The predicted octanol–water partition coefficient (Wildman–Crippen LogP) is 2.61. The van der Waals surface area contributed by atoms with Gasteiger partial charge in [0, 0.05) is 39.1 Å². The van der Waals surface area contributed by atoms with Gasteiger partial charge in [-0.2, -0.15) is 0 Å². The van der Waals surface area contributed by atoms with Crippen molar-refractivity contribution in [1.82, 2.24) is 14.7 Å². The van der Waals surface area contributed by atoms with Gasteiger partial charge in [0.2, 0.25) is 11.8 Å². The van der Waals surface area contributed by atoms with Gasteiger partial charge in [-0.05, 0) is 23.6 Å². The van der Waals surface area contributed by atoms with Crippen LogP contribution in [0.1, 0.15) is 29.0 Å². The minimum absolute atomic E-state index is 0.0545. The van der Waals surface area contributed by atoms with Crippen LogP contribution in [0.2, 0.25) is 0 Å². The Bertz CT molecular complexity index is 844. The first kappa shape index (κ1) is 18.8. The zero-order valence-corrected chi connectivity index (χ0v) is 16.4. The molecule has 0 aromatic heterocycles. The summed E-state index contributed by atoms with van der Waals surface area (Å²) in [5.41, 5.74) is 3.63. The summed E-state index contributed by atoms with van der Waals surface area (Å²) in [6.07, 6.45) is 0.288. The monoisotopic (exact) mass is 377 g/mol. The number of rotatable bonds is 5. The average molecular weight is 377 g/mol. The van der Waals surface area contributed by atoms with E-state index in [1.807, 2.05) is 30.3 Å². The second kappa shape index (κ2) is 8.25. The van der Waals surface area contributed by atoms with Gasteiger partial charge in [0.1, 0.15) is 0 Å². The summed E-state index contributed by atoms with van der Waals surface area (Å²) >= 11 is 0. The predicted molar refractivity (Wildman–Crippen MR) is 109 cm³/mol. The zero-order chi connectivity index (χ0) is 19.5. The molecule has 0 aliphatic carbocycles. The smallest absolute Gasteiger partial charge is 0.238 e. The Labute approximate surface area is 166 Å². The average Bonchev–Trinajstić information content (AvgIpc) is 3.00. The molecule has 146 valence electrons. The molecule has 2 amide bonds. The lowest BCUT2D eigenvalue weighted by atomic mass is 9.98. The first-order chi connectivity index (χ1) is 13.6. The molecule has 1 atom stereocenters. The van der Waals surface area contributed by atoms with Crippen molar-refractivity contribution in [2.45, 2.75) is 25.8 Å². The molecule has 0 saturated carbocycles. The number of imide groups is 1. The number of amides is 2. The molecule has 4 rings (SSSR count). The molecule has 2 saturated heterocycles. The third-order valence-corrected chi connectivity index (χ3v) is 5.91. The molecule has 2 aromatic rings. The van der Waals surface area contributed by atoms with E-state index in [-0.39, 0.29) is 24.2 Å². The molecule has 0 N–H and O–H groups in total. The molecule has 0 bridgehead atoms. The van der Waals surface area contributed by atoms with Crippen LogP contribution in [-0.4, -0.2) is 59.4 Å². The summed E-state index contributed by atoms with van der Waals surface area (Å²) in [4.78, 5) is 31.4. The molecule has 0 spiro atoms. The minimum atomic E-state index is -0.323. The number of carbonyl (C=O) groups is 2. The molecule has 2 aliphatic rings. The SMILES string of the molecule is Cc1ccccc1CN1CCN(CN2C(=O)C[C@@H](c3ccccc3)C2=O)CC1. The second-order valence-electron chi connectivity index (χ2n) is 7.79. The molecule has 2 heterocycles. The van der Waals surface area contributed by atoms with E-state index < -0.39 is 0 Å². The maximum Gasteiger partial charge on any atom is 0.238 e. The normalized spacial score (nSPS) is 21.5. The standard InChI is InChI=1S/C23H27N3O2/c1-18-7-5-6-10-20(18)16-24-11-13-25(14-12-24)17-26-22(27)15-21(23(26)28)19-8-3-2-4-9-19/h2-10,21H,11-17H2,1H3/t21-/m0/s1. The van der Waals surface area contributed by atoms with Gasteiger partial charge in [0.05, 0.1) is 12.6 Å². The summed E-state index contributed by atoms with van der Waals surface area (Å²) in [5, 5.41) is 0. The van der Waals surface area contributed by atoms with Crippen molar-refractivity contribution in [3.8, 4) is 0 Å². The third kappa shape index (κ3) is 4.01. The van der Waals surface area contributed by atoms with Gasteiger partial charge < -0.3 is 0 Å². The highest BCUT2D eigenvalue weighted by Crippen LogP contribution is 2.29. The van der Waals surface area contributed by atoms with Crippen molar-refractivity contribution in [2.24, 2.45) is 0 Å². The molecular weight excluding hydrogens is 350 g/mol. The minimum Gasteiger partial charge on any atom is -0.297 e. The van der Waals surface area contributed by atoms with E-state index in [1.165, 1.54) is 16.0 Å². The first-order valence-corrected chi connectivity index (χ1v) is 10.00. The van der Waals surface area contributed by atoms with Gasteiger partial charge in [-0.1, -0.05) is 54.6 Å². The van der Waals surface area contributed by atoms with Crippen LogP contribution in [-0.2, 0) is 16.1 Å². The highest BCUT2D eigenvalue weighted by molar-refractivity contribution is 6.06. The number of likely N-dealkylation sites (tertiary alicyclic amines) is 1. The van der Waals surface area contributed by atoms with E-state index in [1.54, 1.807) is 0 Å². The number of hydrogen-bond acceptors (Lipinski definition) is 4. The lowest BCUT2D eigenvalue weighted by molar-refractivity contribution is -0.141. The topological polar surface area (TPSA) is 43.9 Å². The van der Waals surface area contributed by atoms with Crippen LogP contribution in [0, 0.1) is 6.92 Å². The van der Waals surface area contributed by atoms with Gasteiger partial charge in [0.25, 0.3) is 0 Å². The lowest BCUT2D eigenvalue weighted by Gasteiger charge is -2.36. The van der Waals surface area contributed by atoms with E-state index in [4.69, 9.17) is 0 Å². The molecule has 5 heteroatoms. The fourth-order valence-electron chi connectivity index (χ4n) is 4.09. The fraction of sp³-hybridized carbons (Fsp3) is 0.391. The van der Waals surface area contributed by atoms with Crippen molar-refractivity contribution < 1.29 is 9.59 Å². The van der Waals surface area contributed by atoms with Gasteiger partial charge in [-0.3, -0.25) is 24.3 Å². The molecular formula is C23H27N3O2. The summed E-state index contributed by atoms with van der Waals surface area (Å²) in [5.74, 6) is -0.434. The van der Waals surface area contributed by atoms with Crippen molar-refractivity contribution in [1.29, 1.82) is 0 Å². The van der Waals surface area contributed by atoms with E-state index in [0.29, 0.717) is 6.67 Å². The number of aryl methyl sites for hydroxylation is 1. The summed E-state index contributed by atoms with van der Waals surface area (Å²) in [7, 11) is 0. The third-order valence-electron chi connectivity index (χ3n) is 5.91. The molecule has 28 heavy (non-hydrogen) atoms. The van der Waals surface area contributed by atoms with Crippen LogP contribution in [0.5, 0.6) is 0 Å². The quantitative estimate of drug-likeness (QED) is 0.752. The maximum atomic E-state index is 12.8. The highest BCUT2D eigenvalue weighted by atomic mass is 16.2. The number of piperazine rings is 1. The first-order valence-electron chi connectivity index (χ1n) is 10.00. The summed E-state index contributed by atoms with van der Waals surface area (Å²) in [6.45, 7) is 7.17. The van der Waals surface area contributed by atoms with E-state index in [0.717, 1.165) is 38.3 Å². The number of carbonyl (C=O) groups excluding carboxylic acids is 2. The van der Waals surface area contributed by atoms with Crippen molar-refractivity contribution in [3.63, 3.8) is 0 Å².